The highest BCUT2D eigenvalue weighted by Crippen LogP contribution is 2.37. The molecule has 3 aromatic rings. The van der Waals surface area contributed by atoms with Crippen LogP contribution in [0.1, 0.15) is 60.1 Å². The second-order valence-corrected chi connectivity index (χ2v) is 9.89. The van der Waals surface area contributed by atoms with Crippen molar-refractivity contribution in [2.75, 3.05) is 6.61 Å². The highest BCUT2D eigenvalue weighted by atomic mass is 19.1. The van der Waals surface area contributed by atoms with Gasteiger partial charge in [-0.2, -0.15) is 0 Å². The predicted octanol–water partition coefficient (Wildman–Crippen LogP) is 4.48. The maximum absolute atomic E-state index is 14.4. The Morgan fingerprint density at radius 3 is 2.44 bits per heavy atom. The van der Waals surface area contributed by atoms with Crippen LogP contribution in [0, 0.1) is 25.6 Å². The fourth-order valence-corrected chi connectivity index (χ4v) is 4.88. The van der Waals surface area contributed by atoms with E-state index in [1.807, 2.05) is 6.92 Å². The van der Waals surface area contributed by atoms with Gasteiger partial charge in [0.1, 0.15) is 29.1 Å². The summed E-state index contributed by atoms with van der Waals surface area (Å²) in [6, 6.07) is 2.99. The number of carboxylic acid groups (broad SMARTS) is 1. The highest BCUT2D eigenvalue weighted by molar-refractivity contribution is 6.09. The first-order valence-electron chi connectivity index (χ1n) is 12.4. The number of nitrogens with one attached hydrogen (secondary N) is 3. The molecule has 2 aliphatic carbocycles. The summed E-state index contributed by atoms with van der Waals surface area (Å²) in [4.78, 5) is 36.3. The molecule has 36 heavy (non-hydrogen) atoms. The van der Waals surface area contributed by atoms with Crippen LogP contribution in [-0.2, 0) is 0 Å². The first-order chi connectivity index (χ1) is 17.3. The third-order valence-electron chi connectivity index (χ3n) is 7.08. The average Bonchev–Trinajstić information content (AvgIpc) is 3.60. The fraction of sp³-hybridized carbons (Fsp3) is 0.462. The molecule has 2 saturated carbocycles. The molecule has 0 unspecified atom stereocenters. The number of benzene rings is 1. The summed E-state index contributed by atoms with van der Waals surface area (Å²) in [5.41, 5.74) is 3.87. The molecule has 2 heterocycles. The minimum atomic E-state index is -1.02. The van der Waals surface area contributed by atoms with Crippen LogP contribution in [0.5, 0.6) is 5.75 Å². The Morgan fingerprint density at radius 1 is 1.08 bits per heavy atom. The first kappa shape index (κ1) is 24.0. The van der Waals surface area contributed by atoms with Gasteiger partial charge in [0.25, 0.3) is 5.91 Å². The van der Waals surface area contributed by atoms with Crippen molar-refractivity contribution in [1.29, 1.82) is 0 Å². The maximum atomic E-state index is 14.4. The SMILES string of the molecule is Cc1cc(-c2ncnc3c(C(=O)N[C@H]4CC[C@@H](NC(=O)O)CC4)c(C)[nH]c23)c(OCC2CC2)cc1F. The Morgan fingerprint density at radius 2 is 1.78 bits per heavy atom. The van der Waals surface area contributed by atoms with Crippen molar-refractivity contribution in [3.63, 3.8) is 0 Å². The van der Waals surface area contributed by atoms with E-state index in [0.29, 0.717) is 83.1 Å². The molecule has 4 N–H and O–H groups in total. The average molecular weight is 496 g/mol. The molecule has 0 aliphatic heterocycles. The minimum absolute atomic E-state index is 0.0443. The molecule has 2 aliphatic rings. The normalized spacial score (nSPS) is 19.8. The Bertz CT molecular complexity index is 1310. The van der Waals surface area contributed by atoms with Gasteiger partial charge in [-0.3, -0.25) is 4.79 Å². The standard InChI is InChI=1S/C26H30FN5O4/c1-13-9-18(20(10-19(13)27)36-11-15-3-4-15)22-24-23(29-12-28-22)21(14(2)30-24)25(33)31-16-5-7-17(8-6-16)32-26(34)35/h9-10,12,15-17,30,32H,3-8,11H2,1-2H3,(H,31,33)(H,34,35)/t16-,17+. The minimum Gasteiger partial charge on any atom is -0.492 e. The zero-order valence-corrected chi connectivity index (χ0v) is 20.4. The number of aromatic nitrogens is 3. The number of ether oxygens (including phenoxy) is 1. The topological polar surface area (TPSA) is 129 Å². The van der Waals surface area contributed by atoms with E-state index in [1.165, 1.54) is 12.4 Å². The van der Waals surface area contributed by atoms with E-state index in [9.17, 15) is 14.0 Å². The van der Waals surface area contributed by atoms with Crippen molar-refractivity contribution >= 4 is 23.0 Å². The molecule has 2 fully saturated rings. The van der Waals surface area contributed by atoms with Crippen molar-refractivity contribution in [2.45, 2.75) is 64.5 Å². The molecule has 0 radical (unpaired) electrons. The molecule has 1 aromatic carbocycles. The van der Waals surface area contributed by atoms with Crippen LogP contribution in [0.15, 0.2) is 18.5 Å². The summed E-state index contributed by atoms with van der Waals surface area (Å²) in [5.74, 6) is 0.352. The van der Waals surface area contributed by atoms with Crippen LogP contribution in [0.25, 0.3) is 22.3 Å². The lowest BCUT2D eigenvalue weighted by Gasteiger charge is -2.28. The summed E-state index contributed by atoms with van der Waals surface area (Å²) >= 11 is 0. The number of hydrogen-bond donors (Lipinski definition) is 4. The van der Waals surface area contributed by atoms with E-state index in [2.05, 4.69) is 25.6 Å². The molecule has 0 atom stereocenters. The van der Waals surface area contributed by atoms with Crippen LogP contribution < -0.4 is 15.4 Å². The number of rotatable bonds is 7. The van der Waals surface area contributed by atoms with Gasteiger partial charge in [-0.1, -0.05) is 0 Å². The molecule has 2 aromatic heterocycles. The zero-order chi connectivity index (χ0) is 25.4. The van der Waals surface area contributed by atoms with E-state index >= 15 is 0 Å². The Labute approximate surface area is 207 Å². The van der Waals surface area contributed by atoms with Crippen molar-refractivity contribution in [2.24, 2.45) is 5.92 Å². The van der Waals surface area contributed by atoms with E-state index in [4.69, 9.17) is 9.84 Å². The number of hydrogen-bond acceptors (Lipinski definition) is 5. The number of aryl methyl sites for hydroxylation is 2. The number of fused-ring (bicyclic) bond motifs is 1. The van der Waals surface area contributed by atoms with E-state index in [-0.39, 0.29) is 23.8 Å². The number of carbonyl (C=O) groups is 2. The second kappa shape index (κ2) is 9.75. The van der Waals surface area contributed by atoms with Crippen LogP contribution >= 0.6 is 0 Å². The summed E-state index contributed by atoms with van der Waals surface area (Å²) in [5, 5.41) is 14.5. The highest BCUT2D eigenvalue weighted by Gasteiger charge is 2.28. The molecule has 190 valence electrons. The van der Waals surface area contributed by atoms with E-state index in [1.54, 1.807) is 13.0 Å². The molecule has 0 bridgehead atoms. The molecule has 5 rings (SSSR count). The van der Waals surface area contributed by atoms with Crippen LogP contribution in [0.3, 0.4) is 0 Å². The van der Waals surface area contributed by atoms with Gasteiger partial charge in [0.05, 0.1) is 17.7 Å². The zero-order valence-electron chi connectivity index (χ0n) is 20.4. The van der Waals surface area contributed by atoms with Crippen molar-refractivity contribution in [3.8, 4) is 17.0 Å². The van der Waals surface area contributed by atoms with Crippen molar-refractivity contribution in [3.05, 3.63) is 41.1 Å². The lowest BCUT2D eigenvalue weighted by atomic mass is 9.91. The smallest absolute Gasteiger partial charge is 0.404 e. The lowest BCUT2D eigenvalue weighted by Crippen LogP contribution is -2.43. The van der Waals surface area contributed by atoms with Gasteiger partial charge in [-0.15, -0.1) is 0 Å². The summed E-state index contributed by atoms with van der Waals surface area (Å²) in [6.45, 7) is 4.04. The van der Waals surface area contributed by atoms with Gasteiger partial charge in [-0.05, 0) is 69.9 Å². The van der Waals surface area contributed by atoms with Crippen molar-refractivity contribution in [1.82, 2.24) is 25.6 Å². The van der Waals surface area contributed by atoms with Gasteiger partial charge in [-0.25, -0.2) is 19.2 Å². The van der Waals surface area contributed by atoms with Crippen molar-refractivity contribution < 1.29 is 23.8 Å². The quantitative estimate of drug-likeness (QED) is 0.383. The third-order valence-corrected chi connectivity index (χ3v) is 7.08. The molecule has 2 amide bonds. The van der Waals surface area contributed by atoms with Gasteiger partial charge < -0.3 is 25.5 Å². The Kier molecular flexibility index (Phi) is 6.51. The van der Waals surface area contributed by atoms with E-state index < -0.39 is 6.09 Å². The maximum Gasteiger partial charge on any atom is 0.404 e. The molecule has 10 heteroatoms. The molecule has 9 nitrogen and oxygen atoms in total. The molecular formula is C26H30FN5O4. The second-order valence-electron chi connectivity index (χ2n) is 9.89. The van der Waals surface area contributed by atoms with Gasteiger partial charge in [0.2, 0.25) is 0 Å². The number of amides is 2. The lowest BCUT2D eigenvalue weighted by molar-refractivity contribution is 0.0924. The number of carbonyl (C=O) groups excluding carboxylic acids is 1. The summed E-state index contributed by atoms with van der Waals surface area (Å²) in [6.07, 6.45) is 5.34. The Hall–Kier alpha value is -3.69. The monoisotopic (exact) mass is 495 g/mol. The number of halogens is 1. The Balaban J connectivity index is 1.42. The van der Waals surface area contributed by atoms with Crippen LogP contribution in [0.2, 0.25) is 0 Å². The molecule has 0 spiro atoms. The summed E-state index contributed by atoms with van der Waals surface area (Å²) in [7, 11) is 0. The van der Waals surface area contributed by atoms with Gasteiger partial charge >= 0.3 is 6.09 Å². The number of H-pyrrole nitrogens is 1. The third kappa shape index (κ3) is 4.98. The molecule has 0 saturated heterocycles. The number of nitrogens with zero attached hydrogens (tertiary/aromatic N) is 2. The fourth-order valence-electron chi connectivity index (χ4n) is 4.88. The predicted molar refractivity (Wildman–Crippen MR) is 132 cm³/mol. The van der Waals surface area contributed by atoms with Crippen LogP contribution in [0.4, 0.5) is 9.18 Å². The number of aromatic amines is 1. The van der Waals surface area contributed by atoms with Crippen LogP contribution in [-0.4, -0.2) is 50.7 Å². The largest absolute Gasteiger partial charge is 0.492 e. The summed E-state index contributed by atoms with van der Waals surface area (Å²) < 4.78 is 20.4. The first-order valence-corrected chi connectivity index (χ1v) is 12.4. The van der Waals surface area contributed by atoms with Gasteiger partial charge in [0, 0.05) is 29.4 Å². The van der Waals surface area contributed by atoms with Gasteiger partial charge in [0.15, 0.2) is 0 Å². The van der Waals surface area contributed by atoms with E-state index in [0.717, 1.165) is 12.8 Å². The molecular weight excluding hydrogens is 465 g/mol.